The lowest BCUT2D eigenvalue weighted by Crippen LogP contribution is -2.13. The van der Waals surface area contributed by atoms with Gasteiger partial charge in [0.1, 0.15) is 0 Å². The van der Waals surface area contributed by atoms with Gasteiger partial charge in [0.25, 0.3) is 14.4 Å². The Labute approximate surface area is 143 Å². The van der Waals surface area contributed by atoms with E-state index < -0.39 is 10.0 Å². The third-order valence-electron chi connectivity index (χ3n) is 2.09. The number of carbonyl (C=O) groups excluding carboxylic acids is 1. The van der Waals surface area contributed by atoms with Gasteiger partial charge in [-0.05, 0) is 40.8 Å². The van der Waals surface area contributed by atoms with Gasteiger partial charge in [-0.2, -0.15) is 8.42 Å². The van der Waals surface area contributed by atoms with E-state index in [0.717, 1.165) is 11.3 Å². The van der Waals surface area contributed by atoms with Crippen LogP contribution in [0.25, 0.3) is 0 Å². The Hall–Kier alpha value is -0.980. The summed E-state index contributed by atoms with van der Waals surface area (Å²) in [5.74, 6) is -0.352. The summed E-state index contributed by atoms with van der Waals surface area (Å²) >= 11 is 8.54. The van der Waals surface area contributed by atoms with Gasteiger partial charge in [-0.3, -0.25) is 9.52 Å². The van der Waals surface area contributed by atoms with Crippen molar-refractivity contribution < 1.29 is 13.2 Å². The number of hydrogen-bond acceptors (Lipinski definition) is 6. The Kier molecular flexibility index (Phi) is 5.01. The van der Waals surface area contributed by atoms with Crippen LogP contribution in [0.5, 0.6) is 0 Å². The van der Waals surface area contributed by atoms with Gasteiger partial charge < -0.3 is 5.32 Å². The standard InChI is InChI=1S/C10H8ClIN4O3S2/c1-5(17)13-9-14-15-10(20-9)21(18,19)16-8-3-2-6(11)4-7(8)12/h2-4,16H,1H3,(H,13,14,17). The number of nitrogens with zero attached hydrogens (tertiary/aromatic N) is 2. The summed E-state index contributed by atoms with van der Waals surface area (Å²) in [5.41, 5.74) is 0.385. The molecule has 7 nitrogen and oxygen atoms in total. The number of rotatable bonds is 4. The van der Waals surface area contributed by atoms with Crippen molar-refractivity contribution in [1.82, 2.24) is 10.2 Å². The van der Waals surface area contributed by atoms with E-state index in [1.807, 2.05) is 22.6 Å². The number of nitrogens with one attached hydrogen (secondary N) is 2. The number of anilines is 2. The number of aromatic nitrogens is 2. The van der Waals surface area contributed by atoms with Crippen LogP contribution in [0, 0.1) is 3.57 Å². The fourth-order valence-corrected chi connectivity index (χ4v) is 4.50. The second-order valence-corrected chi connectivity index (χ2v) is 8.22. The van der Waals surface area contributed by atoms with E-state index in [9.17, 15) is 13.2 Å². The summed E-state index contributed by atoms with van der Waals surface area (Å²) in [5, 5.41) is 10.2. The third kappa shape index (κ3) is 4.25. The van der Waals surface area contributed by atoms with E-state index in [1.165, 1.54) is 6.92 Å². The number of benzene rings is 1. The lowest BCUT2D eigenvalue weighted by molar-refractivity contribution is -0.114. The minimum Gasteiger partial charge on any atom is -0.301 e. The summed E-state index contributed by atoms with van der Waals surface area (Å²) in [4.78, 5) is 10.9. The molecule has 0 aliphatic rings. The highest BCUT2D eigenvalue weighted by Crippen LogP contribution is 2.26. The van der Waals surface area contributed by atoms with Crippen LogP contribution >= 0.6 is 45.5 Å². The van der Waals surface area contributed by atoms with E-state index in [0.29, 0.717) is 14.3 Å². The van der Waals surface area contributed by atoms with Crippen molar-refractivity contribution in [3.8, 4) is 0 Å². The lowest BCUT2D eigenvalue weighted by Gasteiger charge is -2.07. The van der Waals surface area contributed by atoms with Gasteiger partial charge in [0.2, 0.25) is 11.0 Å². The summed E-state index contributed by atoms with van der Waals surface area (Å²) < 4.78 is 27.2. The Bertz CT molecular complexity index is 793. The van der Waals surface area contributed by atoms with Gasteiger partial charge in [-0.15, -0.1) is 10.2 Å². The molecule has 2 aromatic rings. The highest BCUT2D eigenvalue weighted by Gasteiger charge is 2.21. The molecule has 2 N–H and O–H groups in total. The van der Waals surface area contributed by atoms with Crippen LogP contribution in [0.4, 0.5) is 10.8 Å². The zero-order chi connectivity index (χ0) is 15.6. The summed E-state index contributed by atoms with van der Waals surface area (Å²) in [6.45, 7) is 1.30. The zero-order valence-corrected chi connectivity index (χ0v) is 15.0. The molecule has 21 heavy (non-hydrogen) atoms. The maximum atomic E-state index is 12.2. The molecule has 2 rings (SSSR count). The highest BCUT2D eigenvalue weighted by atomic mass is 127. The molecule has 0 bridgehead atoms. The molecule has 1 heterocycles. The summed E-state index contributed by atoms with van der Waals surface area (Å²) in [6.07, 6.45) is 0. The third-order valence-corrected chi connectivity index (χ3v) is 5.79. The molecule has 0 aliphatic carbocycles. The molecule has 0 unspecified atom stereocenters. The Morgan fingerprint density at radius 3 is 2.71 bits per heavy atom. The van der Waals surface area contributed by atoms with Crippen LogP contribution in [-0.4, -0.2) is 24.5 Å². The second-order valence-electron chi connectivity index (χ2n) is 3.78. The van der Waals surface area contributed by atoms with E-state index in [1.54, 1.807) is 18.2 Å². The molecule has 0 saturated heterocycles. The Morgan fingerprint density at radius 1 is 1.38 bits per heavy atom. The molecular weight excluding hydrogens is 451 g/mol. The summed E-state index contributed by atoms with van der Waals surface area (Å²) in [6, 6.07) is 4.75. The fourth-order valence-electron chi connectivity index (χ4n) is 1.28. The molecule has 1 amide bonds. The van der Waals surface area contributed by atoms with Gasteiger partial charge in [-0.25, -0.2) is 0 Å². The van der Waals surface area contributed by atoms with Crippen molar-refractivity contribution in [3.63, 3.8) is 0 Å². The van der Waals surface area contributed by atoms with Gasteiger partial charge in [-0.1, -0.05) is 22.9 Å². The van der Waals surface area contributed by atoms with Crippen LogP contribution in [0.1, 0.15) is 6.92 Å². The molecule has 0 fully saturated rings. The fraction of sp³-hybridized carbons (Fsp3) is 0.100. The van der Waals surface area contributed by atoms with E-state index in [4.69, 9.17) is 11.6 Å². The van der Waals surface area contributed by atoms with Crippen molar-refractivity contribution in [1.29, 1.82) is 0 Å². The van der Waals surface area contributed by atoms with Gasteiger partial charge in [0, 0.05) is 15.5 Å². The lowest BCUT2D eigenvalue weighted by atomic mass is 10.3. The number of halogens is 2. The predicted molar refractivity (Wildman–Crippen MR) is 89.2 cm³/mol. The van der Waals surface area contributed by atoms with Gasteiger partial charge in [0.15, 0.2) is 0 Å². The smallest absolute Gasteiger partial charge is 0.291 e. The molecule has 11 heteroatoms. The number of carbonyl (C=O) groups is 1. The van der Waals surface area contributed by atoms with Crippen LogP contribution in [0.15, 0.2) is 22.5 Å². The molecule has 0 atom stereocenters. The van der Waals surface area contributed by atoms with Crippen molar-refractivity contribution in [2.45, 2.75) is 11.3 Å². The number of sulfonamides is 1. The molecule has 0 aliphatic heterocycles. The maximum Gasteiger partial charge on any atom is 0.291 e. The van der Waals surface area contributed by atoms with Crippen molar-refractivity contribution in [3.05, 3.63) is 26.8 Å². The van der Waals surface area contributed by atoms with Gasteiger partial charge >= 0.3 is 0 Å². The van der Waals surface area contributed by atoms with Crippen LogP contribution in [0.2, 0.25) is 5.02 Å². The minimum absolute atomic E-state index is 0.119. The first-order valence-corrected chi connectivity index (χ1v) is 9.12. The molecular formula is C10H8ClIN4O3S2. The van der Waals surface area contributed by atoms with Crippen LogP contribution in [-0.2, 0) is 14.8 Å². The second kappa shape index (κ2) is 6.42. The van der Waals surface area contributed by atoms with Gasteiger partial charge in [0.05, 0.1) is 5.69 Å². The predicted octanol–water partition coefficient (Wildman–Crippen LogP) is 2.56. The molecule has 0 saturated carbocycles. The molecule has 112 valence electrons. The quantitative estimate of drug-likeness (QED) is 0.542. The first kappa shape index (κ1) is 16.4. The maximum absolute atomic E-state index is 12.2. The summed E-state index contributed by atoms with van der Waals surface area (Å²) in [7, 11) is -3.87. The van der Waals surface area contributed by atoms with Crippen molar-refractivity contribution >= 4 is 72.3 Å². The number of amides is 1. The first-order valence-electron chi connectivity index (χ1n) is 5.37. The SMILES string of the molecule is CC(=O)Nc1nnc(S(=O)(=O)Nc2ccc(Cl)cc2I)s1. The van der Waals surface area contributed by atoms with E-state index in [2.05, 4.69) is 20.2 Å². The van der Waals surface area contributed by atoms with Crippen molar-refractivity contribution in [2.24, 2.45) is 0 Å². The largest absolute Gasteiger partial charge is 0.301 e. The molecule has 1 aromatic heterocycles. The van der Waals surface area contributed by atoms with Crippen molar-refractivity contribution in [2.75, 3.05) is 10.0 Å². The molecule has 1 aromatic carbocycles. The minimum atomic E-state index is -3.87. The van der Waals surface area contributed by atoms with Crippen LogP contribution in [0.3, 0.4) is 0 Å². The van der Waals surface area contributed by atoms with Crippen LogP contribution < -0.4 is 10.0 Å². The molecule has 0 radical (unpaired) electrons. The zero-order valence-electron chi connectivity index (χ0n) is 10.4. The topological polar surface area (TPSA) is 101 Å². The average Bonchev–Trinajstić information content (AvgIpc) is 2.81. The first-order chi connectivity index (χ1) is 9.78. The Balaban J connectivity index is 2.25. The normalized spacial score (nSPS) is 11.2. The monoisotopic (exact) mass is 458 g/mol. The van der Waals surface area contributed by atoms with E-state index in [-0.39, 0.29) is 15.4 Å². The highest BCUT2D eigenvalue weighted by molar-refractivity contribution is 14.1. The van der Waals surface area contributed by atoms with E-state index >= 15 is 0 Å². The number of hydrogen-bond donors (Lipinski definition) is 2. The average molecular weight is 459 g/mol. The Morgan fingerprint density at radius 2 is 2.10 bits per heavy atom. The molecule has 0 spiro atoms.